The minimum Gasteiger partial charge on any atom is -0.469 e. The summed E-state index contributed by atoms with van der Waals surface area (Å²) in [5, 5.41) is 0. The molecule has 52 heavy (non-hydrogen) atoms. The van der Waals surface area contributed by atoms with E-state index in [-0.39, 0.29) is 64.7 Å². The summed E-state index contributed by atoms with van der Waals surface area (Å²) in [7, 11) is 1.37. The number of ketones is 3. The molecule has 282 valence electrons. The molecular formula is C47H64O5. The highest BCUT2D eigenvalue weighted by atomic mass is 16.5. The van der Waals surface area contributed by atoms with E-state index in [0.717, 1.165) is 29.5 Å². The number of Topliss-reactive ketones (excluding diaryl/α,β-unsaturated/α-hetero) is 3. The molecule has 0 spiro atoms. The fraction of sp³-hybridized carbons (Fsp3) is 0.532. The number of rotatable bonds is 18. The summed E-state index contributed by atoms with van der Waals surface area (Å²) in [6.07, 6.45) is 2.94. The molecule has 5 nitrogen and oxygen atoms in total. The zero-order chi connectivity index (χ0) is 38.8. The van der Waals surface area contributed by atoms with Gasteiger partial charge in [0, 0.05) is 30.6 Å². The van der Waals surface area contributed by atoms with E-state index in [4.69, 9.17) is 4.74 Å². The lowest BCUT2D eigenvalue weighted by atomic mass is 9.67. The highest BCUT2D eigenvalue weighted by molar-refractivity contribution is 5.89. The lowest BCUT2D eigenvalue weighted by Crippen LogP contribution is -2.38. The molecule has 0 saturated carbocycles. The zero-order valence-electron chi connectivity index (χ0n) is 33.8. The van der Waals surface area contributed by atoms with Crippen molar-refractivity contribution in [3.8, 4) is 11.1 Å². The van der Waals surface area contributed by atoms with Crippen molar-refractivity contribution in [2.45, 2.75) is 108 Å². The number of ether oxygens (including phenoxy) is 1. The standard InChI is InChI=1S/C47H64O5/c1-31-17-21-38(22-18-31)39-23-19-36(20-24-39)26-37(28-42(49)41(46(5,6)7)30-44(51)52-11)25-32(2)40(27-35-15-13-12-14-16-35)29-43(50)45(47(8,9)10)33(3)34(4)48/h12-24,32-33,37,40-41,45H,25-30H2,1-11H3. The number of esters is 1. The first-order valence-corrected chi connectivity index (χ1v) is 19.1. The summed E-state index contributed by atoms with van der Waals surface area (Å²) >= 11 is 0. The third-order valence-corrected chi connectivity index (χ3v) is 11.1. The van der Waals surface area contributed by atoms with Gasteiger partial charge >= 0.3 is 5.97 Å². The van der Waals surface area contributed by atoms with Crippen LogP contribution in [0.4, 0.5) is 0 Å². The summed E-state index contributed by atoms with van der Waals surface area (Å²) in [6.45, 7) is 20.0. The van der Waals surface area contributed by atoms with E-state index in [1.807, 2.05) is 45.9 Å². The third-order valence-electron chi connectivity index (χ3n) is 11.1. The number of benzene rings is 3. The smallest absolute Gasteiger partial charge is 0.306 e. The molecule has 0 saturated heterocycles. The van der Waals surface area contributed by atoms with Crippen LogP contribution in [0.15, 0.2) is 78.9 Å². The second kappa shape index (κ2) is 18.8. The van der Waals surface area contributed by atoms with E-state index in [1.54, 1.807) is 6.92 Å². The van der Waals surface area contributed by atoms with Crippen LogP contribution in [0.1, 0.15) is 105 Å². The Labute approximate surface area is 314 Å². The summed E-state index contributed by atoms with van der Waals surface area (Å²) in [5.74, 6) is -1.22. The lowest BCUT2D eigenvalue weighted by molar-refractivity contribution is -0.146. The summed E-state index contributed by atoms with van der Waals surface area (Å²) in [5.41, 5.74) is 5.08. The van der Waals surface area contributed by atoms with Crippen LogP contribution in [0, 0.1) is 53.3 Å². The molecular weight excluding hydrogens is 645 g/mol. The molecule has 0 aliphatic carbocycles. The molecule has 3 aromatic rings. The Morgan fingerprint density at radius 1 is 0.654 bits per heavy atom. The van der Waals surface area contributed by atoms with Crippen molar-refractivity contribution in [1.29, 1.82) is 0 Å². The van der Waals surface area contributed by atoms with Crippen LogP contribution in [-0.2, 0) is 36.8 Å². The van der Waals surface area contributed by atoms with Crippen LogP contribution in [0.3, 0.4) is 0 Å². The zero-order valence-corrected chi connectivity index (χ0v) is 33.8. The van der Waals surface area contributed by atoms with Crippen LogP contribution in [-0.4, -0.2) is 30.4 Å². The molecule has 0 aliphatic heterocycles. The van der Waals surface area contributed by atoms with Crippen molar-refractivity contribution in [2.75, 3.05) is 7.11 Å². The number of aryl methyl sites for hydroxylation is 1. The van der Waals surface area contributed by atoms with Gasteiger partial charge in [-0.2, -0.15) is 0 Å². The molecule has 0 amide bonds. The van der Waals surface area contributed by atoms with Gasteiger partial charge in [0.1, 0.15) is 17.3 Å². The Balaban J connectivity index is 1.98. The highest BCUT2D eigenvalue weighted by Crippen LogP contribution is 2.39. The largest absolute Gasteiger partial charge is 0.469 e. The molecule has 0 radical (unpaired) electrons. The van der Waals surface area contributed by atoms with E-state index in [0.29, 0.717) is 19.3 Å². The molecule has 0 heterocycles. The second-order valence-corrected chi connectivity index (χ2v) is 17.6. The van der Waals surface area contributed by atoms with E-state index < -0.39 is 11.3 Å². The molecule has 0 fully saturated rings. The van der Waals surface area contributed by atoms with Gasteiger partial charge in [0.25, 0.3) is 0 Å². The van der Waals surface area contributed by atoms with Gasteiger partial charge in [0.05, 0.1) is 13.5 Å². The lowest BCUT2D eigenvalue weighted by Gasteiger charge is -2.36. The normalized spacial score (nSPS) is 15.5. The number of carbonyl (C=O) groups is 4. The Bertz CT molecular complexity index is 1610. The van der Waals surface area contributed by atoms with Crippen LogP contribution in [0.2, 0.25) is 0 Å². The Hall–Kier alpha value is -3.86. The summed E-state index contributed by atoms with van der Waals surface area (Å²) < 4.78 is 5.00. The van der Waals surface area contributed by atoms with E-state index in [9.17, 15) is 19.2 Å². The van der Waals surface area contributed by atoms with Gasteiger partial charge in [-0.25, -0.2) is 0 Å². The minimum absolute atomic E-state index is 0.00171. The van der Waals surface area contributed by atoms with Gasteiger partial charge in [-0.1, -0.05) is 140 Å². The average molecular weight is 709 g/mol. The van der Waals surface area contributed by atoms with Crippen molar-refractivity contribution in [1.82, 2.24) is 0 Å². The fourth-order valence-electron chi connectivity index (χ4n) is 7.97. The number of hydrogen-bond acceptors (Lipinski definition) is 5. The number of carbonyl (C=O) groups excluding carboxylic acids is 4. The summed E-state index contributed by atoms with van der Waals surface area (Å²) in [6, 6.07) is 27.4. The second-order valence-electron chi connectivity index (χ2n) is 17.6. The maximum atomic E-state index is 14.2. The average Bonchev–Trinajstić information content (AvgIpc) is 3.06. The predicted molar refractivity (Wildman–Crippen MR) is 213 cm³/mol. The van der Waals surface area contributed by atoms with E-state index in [2.05, 4.69) is 95.3 Å². The Morgan fingerprint density at radius 3 is 1.69 bits per heavy atom. The van der Waals surface area contributed by atoms with Gasteiger partial charge in [-0.15, -0.1) is 0 Å². The third kappa shape index (κ3) is 12.7. The van der Waals surface area contributed by atoms with Crippen molar-refractivity contribution in [2.24, 2.45) is 46.3 Å². The minimum atomic E-state index is -0.469. The van der Waals surface area contributed by atoms with Gasteiger partial charge in [0.15, 0.2) is 0 Å². The van der Waals surface area contributed by atoms with Gasteiger partial charge in [-0.05, 0) is 83.9 Å². The first kappa shape index (κ1) is 42.6. The molecule has 0 bridgehead atoms. The van der Waals surface area contributed by atoms with Gasteiger partial charge in [0.2, 0.25) is 0 Å². The molecule has 0 aromatic heterocycles. The Kier molecular flexibility index (Phi) is 15.4. The summed E-state index contributed by atoms with van der Waals surface area (Å²) in [4.78, 5) is 53.4. The maximum absolute atomic E-state index is 14.2. The molecule has 3 rings (SSSR count). The molecule has 5 heteroatoms. The van der Waals surface area contributed by atoms with E-state index >= 15 is 0 Å². The molecule has 6 unspecified atom stereocenters. The SMILES string of the molecule is COC(=O)CC(C(=O)CC(Cc1ccc(-c2ccc(C)cc2)cc1)CC(C)C(CC(=O)C(C(C)C(C)=O)C(C)(C)C)Cc1ccccc1)C(C)(C)C. The molecule has 6 atom stereocenters. The Morgan fingerprint density at radius 2 is 1.19 bits per heavy atom. The predicted octanol–water partition coefficient (Wildman–Crippen LogP) is 10.7. The quantitative estimate of drug-likeness (QED) is 0.123. The first-order chi connectivity index (χ1) is 24.3. The number of hydrogen-bond donors (Lipinski definition) is 0. The van der Waals surface area contributed by atoms with Crippen LogP contribution in [0.25, 0.3) is 11.1 Å². The number of methoxy groups -OCH3 is 1. The topological polar surface area (TPSA) is 77.5 Å². The van der Waals surface area contributed by atoms with Crippen molar-refractivity contribution < 1.29 is 23.9 Å². The fourth-order valence-corrected chi connectivity index (χ4v) is 7.97. The van der Waals surface area contributed by atoms with Crippen molar-refractivity contribution in [3.63, 3.8) is 0 Å². The van der Waals surface area contributed by atoms with Gasteiger partial charge in [-0.3, -0.25) is 19.2 Å². The van der Waals surface area contributed by atoms with Gasteiger partial charge < -0.3 is 4.74 Å². The molecule has 0 aliphatic rings. The van der Waals surface area contributed by atoms with Crippen LogP contribution >= 0.6 is 0 Å². The van der Waals surface area contributed by atoms with Crippen molar-refractivity contribution in [3.05, 3.63) is 95.6 Å². The van der Waals surface area contributed by atoms with Crippen LogP contribution in [0.5, 0.6) is 0 Å². The first-order valence-electron chi connectivity index (χ1n) is 19.1. The monoisotopic (exact) mass is 708 g/mol. The highest BCUT2D eigenvalue weighted by Gasteiger charge is 2.39. The molecule has 0 N–H and O–H groups in total. The van der Waals surface area contributed by atoms with E-state index in [1.165, 1.54) is 18.2 Å². The van der Waals surface area contributed by atoms with Crippen molar-refractivity contribution >= 4 is 23.3 Å². The maximum Gasteiger partial charge on any atom is 0.306 e. The molecule has 3 aromatic carbocycles. The van der Waals surface area contributed by atoms with Crippen LogP contribution < -0.4 is 0 Å².